The minimum atomic E-state index is -0.401. The van der Waals surface area contributed by atoms with E-state index in [-0.39, 0.29) is 5.92 Å². The fourth-order valence-corrected chi connectivity index (χ4v) is 4.80. The lowest BCUT2D eigenvalue weighted by atomic mass is 9.81. The first-order chi connectivity index (χ1) is 13.6. The molecule has 2 N–H and O–H groups in total. The van der Waals surface area contributed by atoms with Crippen molar-refractivity contribution < 1.29 is 9.59 Å². The van der Waals surface area contributed by atoms with Crippen molar-refractivity contribution >= 4 is 17.5 Å². The van der Waals surface area contributed by atoms with Crippen molar-refractivity contribution in [2.75, 3.05) is 31.1 Å². The monoisotopic (exact) mass is 385 g/mol. The van der Waals surface area contributed by atoms with E-state index < -0.39 is 5.91 Å². The molecule has 3 rings (SSSR count). The second-order valence-corrected chi connectivity index (χ2v) is 8.45. The first kappa shape index (κ1) is 20.7. The number of hydrogen-bond acceptors (Lipinski definition) is 3. The number of hydrogen-bond donors (Lipinski definition) is 1. The number of carbonyl (C=O) groups excluding carboxylic acids is 2. The van der Waals surface area contributed by atoms with Gasteiger partial charge in [0.15, 0.2) is 0 Å². The van der Waals surface area contributed by atoms with E-state index in [9.17, 15) is 9.59 Å². The highest BCUT2D eigenvalue weighted by Crippen LogP contribution is 2.31. The summed E-state index contributed by atoms with van der Waals surface area (Å²) in [5.41, 5.74) is 6.93. The number of amides is 2. The van der Waals surface area contributed by atoms with Crippen molar-refractivity contribution in [2.24, 2.45) is 17.6 Å². The Labute approximate surface area is 169 Å². The van der Waals surface area contributed by atoms with Crippen LogP contribution in [0.3, 0.4) is 0 Å². The molecule has 5 heteroatoms. The van der Waals surface area contributed by atoms with Crippen LogP contribution in [0.2, 0.25) is 0 Å². The van der Waals surface area contributed by atoms with Crippen LogP contribution in [0.15, 0.2) is 24.3 Å². The zero-order chi connectivity index (χ0) is 19.9. The maximum Gasteiger partial charge on any atom is 0.248 e. The van der Waals surface area contributed by atoms with Crippen LogP contribution in [0.25, 0.3) is 0 Å². The van der Waals surface area contributed by atoms with Gasteiger partial charge in [0.1, 0.15) is 0 Å². The molecule has 2 amide bonds. The highest BCUT2D eigenvalue weighted by molar-refractivity contribution is 5.93. The standard InChI is InChI=1S/C23H35N3O2/c1-2-6-20(17-18-7-4-3-5-8-18)23(28)26-15-13-25(14-16-26)21-11-9-19(10-12-21)22(24)27/h9-12,18,20H,2-8,13-17H2,1H3,(H2,24,27). The molecular weight excluding hydrogens is 350 g/mol. The average Bonchev–Trinajstić information content (AvgIpc) is 2.74. The van der Waals surface area contributed by atoms with Crippen molar-refractivity contribution in [2.45, 2.75) is 58.3 Å². The Hall–Kier alpha value is -2.04. The lowest BCUT2D eigenvalue weighted by Gasteiger charge is -2.38. The highest BCUT2D eigenvalue weighted by atomic mass is 16.2. The minimum absolute atomic E-state index is 0.203. The van der Waals surface area contributed by atoms with Gasteiger partial charge in [0.2, 0.25) is 11.8 Å². The molecule has 0 aromatic heterocycles. The maximum absolute atomic E-state index is 13.2. The van der Waals surface area contributed by atoms with E-state index in [0.29, 0.717) is 11.5 Å². The number of benzene rings is 1. The number of primary amides is 1. The molecular formula is C23H35N3O2. The van der Waals surface area contributed by atoms with E-state index in [2.05, 4.69) is 16.7 Å². The topological polar surface area (TPSA) is 66.6 Å². The van der Waals surface area contributed by atoms with Crippen LogP contribution in [0.1, 0.15) is 68.6 Å². The van der Waals surface area contributed by atoms with Gasteiger partial charge >= 0.3 is 0 Å². The largest absolute Gasteiger partial charge is 0.368 e. The fraction of sp³-hybridized carbons (Fsp3) is 0.652. The van der Waals surface area contributed by atoms with E-state index in [4.69, 9.17) is 5.73 Å². The molecule has 28 heavy (non-hydrogen) atoms. The summed E-state index contributed by atoms with van der Waals surface area (Å²) in [7, 11) is 0. The molecule has 154 valence electrons. The third kappa shape index (κ3) is 5.27. The van der Waals surface area contributed by atoms with Gasteiger partial charge in [-0.3, -0.25) is 9.59 Å². The summed E-state index contributed by atoms with van der Waals surface area (Å²) >= 11 is 0. The van der Waals surface area contributed by atoms with E-state index in [1.54, 1.807) is 12.1 Å². The smallest absolute Gasteiger partial charge is 0.248 e. The minimum Gasteiger partial charge on any atom is -0.368 e. The summed E-state index contributed by atoms with van der Waals surface area (Å²) in [6.45, 7) is 5.42. The number of carbonyl (C=O) groups is 2. The van der Waals surface area contributed by atoms with E-state index in [1.807, 2.05) is 12.1 Å². The van der Waals surface area contributed by atoms with Crippen LogP contribution in [-0.2, 0) is 4.79 Å². The molecule has 1 atom stereocenters. The van der Waals surface area contributed by atoms with Gasteiger partial charge in [-0.15, -0.1) is 0 Å². The maximum atomic E-state index is 13.2. The molecule has 1 aromatic rings. The summed E-state index contributed by atoms with van der Waals surface area (Å²) in [4.78, 5) is 28.8. The highest BCUT2D eigenvalue weighted by Gasteiger charge is 2.29. The van der Waals surface area contributed by atoms with Gasteiger partial charge in [0, 0.05) is 43.3 Å². The molecule has 1 aromatic carbocycles. The van der Waals surface area contributed by atoms with E-state index in [1.165, 1.54) is 32.1 Å². The predicted molar refractivity (Wildman–Crippen MR) is 113 cm³/mol. The number of rotatable bonds is 7. The Kier molecular flexibility index (Phi) is 7.35. The molecule has 5 nitrogen and oxygen atoms in total. The van der Waals surface area contributed by atoms with Crippen LogP contribution in [-0.4, -0.2) is 42.9 Å². The van der Waals surface area contributed by atoms with Crippen LogP contribution in [0, 0.1) is 11.8 Å². The molecule has 0 radical (unpaired) electrons. The Morgan fingerprint density at radius 2 is 1.68 bits per heavy atom. The molecule has 0 bridgehead atoms. The van der Waals surface area contributed by atoms with Crippen LogP contribution in [0.5, 0.6) is 0 Å². The first-order valence-corrected chi connectivity index (χ1v) is 11.0. The van der Waals surface area contributed by atoms with Gasteiger partial charge in [-0.1, -0.05) is 45.4 Å². The SMILES string of the molecule is CCCC(CC1CCCCC1)C(=O)N1CCN(c2ccc(C(N)=O)cc2)CC1. The molecule has 1 aliphatic heterocycles. The zero-order valence-corrected chi connectivity index (χ0v) is 17.2. The molecule has 2 fully saturated rings. The summed E-state index contributed by atoms with van der Waals surface area (Å²) in [6.07, 6.45) is 9.84. The van der Waals surface area contributed by atoms with Gasteiger partial charge in [-0.25, -0.2) is 0 Å². The Morgan fingerprint density at radius 3 is 2.25 bits per heavy atom. The third-order valence-electron chi connectivity index (χ3n) is 6.44. The second kappa shape index (κ2) is 9.94. The summed E-state index contributed by atoms with van der Waals surface area (Å²) in [5.74, 6) is 0.923. The van der Waals surface area contributed by atoms with Crippen LogP contribution < -0.4 is 10.6 Å². The van der Waals surface area contributed by atoms with Crippen molar-refractivity contribution in [3.8, 4) is 0 Å². The fourth-order valence-electron chi connectivity index (χ4n) is 4.80. The van der Waals surface area contributed by atoms with Crippen LogP contribution in [0.4, 0.5) is 5.69 Å². The van der Waals surface area contributed by atoms with Gasteiger partial charge < -0.3 is 15.5 Å². The van der Waals surface area contributed by atoms with E-state index >= 15 is 0 Å². The quantitative estimate of drug-likeness (QED) is 0.776. The predicted octanol–water partition coefficient (Wildman–Crippen LogP) is 3.82. The lowest BCUT2D eigenvalue weighted by molar-refractivity contribution is -0.136. The molecule has 1 saturated heterocycles. The van der Waals surface area contributed by atoms with Gasteiger partial charge in [0.05, 0.1) is 0 Å². The normalized spacial score (nSPS) is 19.5. The number of nitrogens with zero attached hydrogens (tertiary/aromatic N) is 2. The van der Waals surface area contributed by atoms with Gasteiger partial charge in [-0.2, -0.15) is 0 Å². The number of nitrogens with two attached hydrogens (primary N) is 1. The first-order valence-electron chi connectivity index (χ1n) is 11.0. The van der Waals surface area contributed by atoms with E-state index in [0.717, 1.165) is 57.0 Å². The molecule has 1 aliphatic carbocycles. The Morgan fingerprint density at radius 1 is 1.04 bits per heavy atom. The molecule has 1 unspecified atom stereocenters. The van der Waals surface area contributed by atoms with Crippen LogP contribution >= 0.6 is 0 Å². The molecule has 1 saturated carbocycles. The molecule has 0 spiro atoms. The molecule has 2 aliphatic rings. The third-order valence-corrected chi connectivity index (χ3v) is 6.44. The van der Waals surface area contributed by atoms with Crippen molar-refractivity contribution in [1.82, 2.24) is 4.90 Å². The summed E-state index contributed by atoms with van der Waals surface area (Å²) in [5, 5.41) is 0. The Bertz CT molecular complexity index is 644. The zero-order valence-electron chi connectivity index (χ0n) is 17.2. The number of piperazine rings is 1. The van der Waals surface area contributed by atoms with Crippen molar-refractivity contribution in [1.29, 1.82) is 0 Å². The Balaban J connectivity index is 1.54. The lowest BCUT2D eigenvalue weighted by Crippen LogP contribution is -2.50. The summed E-state index contributed by atoms with van der Waals surface area (Å²) in [6, 6.07) is 7.44. The van der Waals surface area contributed by atoms with Gasteiger partial charge in [-0.05, 0) is 43.0 Å². The number of anilines is 1. The molecule has 1 heterocycles. The van der Waals surface area contributed by atoms with Gasteiger partial charge in [0.25, 0.3) is 0 Å². The van der Waals surface area contributed by atoms with Crippen molar-refractivity contribution in [3.63, 3.8) is 0 Å². The average molecular weight is 386 g/mol. The van der Waals surface area contributed by atoms with Crippen molar-refractivity contribution in [3.05, 3.63) is 29.8 Å². The summed E-state index contributed by atoms with van der Waals surface area (Å²) < 4.78 is 0. The second-order valence-electron chi connectivity index (χ2n) is 8.45.